The van der Waals surface area contributed by atoms with Crippen LogP contribution in [0, 0.1) is 0 Å². The Kier molecular flexibility index (Phi) is 4.00. The van der Waals surface area contributed by atoms with Crippen LogP contribution in [0.1, 0.15) is 0 Å². The molecule has 16 heavy (non-hydrogen) atoms. The van der Waals surface area contributed by atoms with Gasteiger partial charge in [-0.15, -0.1) is 0 Å². The molecule has 0 spiro atoms. The maximum Gasteiger partial charge on any atom is 0.446 e. The van der Waals surface area contributed by atoms with Gasteiger partial charge in [0.15, 0.2) is 0 Å². The lowest BCUT2D eigenvalue weighted by Gasteiger charge is -2.10. The van der Waals surface area contributed by atoms with Crippen LogP contribution >= 0.6 is 11.8 Å². The molecule has 0 saturated carbocycles. The Morgan fingerprint density at radius 2 is 2.00 bits per heavy atom. The molecule has 0 aromatic heterocycles. The van der Waals surface area contributed by atoms with Crippen molar-refractivity contribution in [3.05, 3.63) is 36.9 Å². The van der Waals surface area contributed by atoms with Gasteiger partial charge in [-0.25, -0.2) is 0 Å². The SMILES string of the molecule is C=CC(=O)Nc1ccccc1SC(F)(F)F. The number of carbonyl (C=O) groups excluding carboxylic acids is 1. The van der Waals surface area contributed by atoms with Gasteiger partial charge in [0.1, 0.15) is 0 Å². The average Bonchev–Trinajstić information content (AvgIpc) is 2.18. The minimum absolute atomic E-state index is 0.0507. The molecule has 0 aliphatic heterocycles. The molecule has 2 nitrogen and oxygen atoms in total. The number of anilines is 1. The molecule has 1 N–H and O–H groups in total. The first-order chi connectivity index (χ1) is 7.42. The molecule has 1 aromatic rings. The van der Waals surface area contributed by atoms with E-state index in [1.807, 2.05) is 0 Å². The van der Waals surface area contributed by atoms with Gasteiger partial charge in [0.05, 0.1) is 5.69 Å². The highest BCUT2D eigenvalue weighted by Gasteiger charge is 2.30. The Bertz CT molecular complexity index is 403. The summed E-state index contributed by atoms with van der Waals surface area (Å²) in [7, 11) is 0. The van der Waals surface area contributed by atoms with Crippen molar-refractivity contribution >= 4 is 23.4 Å². The largest absolute Gasteiger partial charge is 0.446 e. The zero-order chi connectivity index (χ0) is 12.2. The number of amides is 1. The number of nitrogens with one attached hydrogen (secondary N) is 1. The monoisotopic (exact) mass is 247 g/mol. The zero-order valence-corrected chi connectivity index (χ0v) is 8.86. The van der Waals surface area contributed by atoms with Crippen LogP contribution in [0.4, 0.5) is 18.9 Å². The standard InChI is InChI=1S/C10H8F3NOS/c1-2-9(15)14-7-5-3-4-6-8(7)16-10(11,12)13/h2-6H,1H2,(H,14,15). The van der Waals surface area contributed by atoms with Gasteiger partial charge >= 0.3 is 5.51 Å². The number of carbonyl (C=O) groups is 1. The number of alkyl halides is 3. The smallest absolute Gasteiger partial charge is 0.321 e. The van der Waals surface area contributed by atoms with E-state index in [4.69, 9.17) is 0 Å². The zero-order valence-electron chi connectivity index (χ0n) is 8.04. The van der Waals surface area contributed by atoms with E-state index in [1.165, 1.54) is 18.2 Å². The van der Waals surface area contributed by atoms with E-state index in [0.29, 0.717) is 0 Å². The minimum Gasteiger partial charge on any atom is -0.321 e. The number of para-hydroxylation sites is 1. The lowest BCUT2D eigenvalue weighted by atomic mass is 10.3. The third-order valence-corrected chi connectivity index (χ3v) is 2.36. The Morgan fingerprint density at radius 1 is 1.38 bits per heavy atom. The lowest BCUT2D eigenvalue weighted by molar-refractivity contribution is -0.111. The topological polar surface area (TPSA) is 29.1 Å². The molecule has 6 heteroatoms. The molecule has 0 bridgehead atoms. The van der Waals surface area contributed by atoms with E-state index >= 15 is 0 Å². The summed E-state index contributed by atoms with van der Waals surface area (Å²) >= 11 is -0.269. The lowest BCUT2D eigenvalue weighted by Crippen LogP contribution is -2.09. The molecule has 0 atom stereocenters. The summed E-state index contributed by atoms with van der Waals surface area (Å²) in [5.74, 6) is -0.546. The minimum atomic E-state index is -4.38. The summed E-state index contributed by atoms with van der Waals surface area (Å²) in [6, 6.07) is 5.70. The molecule has 0 heterocycles. The summed E-state index contributed by atoms with van der Waals surface area (Å²) in [5.41, 5.74) is -4.26. The van der Waals surface area contributed by atoms with Gasteiger partial charge in [-0.3, -0.25) is 4.79 Å². The average molecular weight is 247 g/mol. The molecule has 1 aromatic carbocycles. The highest BCUT2D eigenvalue weighted by Crippen LogP contribution is 2.40. The molecule has 0 unspecified atom stereocenters. The van der Waals surface area contributed by atoms with Crippen LogP contribution in [0.25, 0.3) is 0 Å². The molecule has 1 amide bonds. The predicted octanol–water partition coefficient (Wildman–Crippen LogP) is 3.42. The molecular weight excluding hydrogens is 239 g/mol. The second-order valence-corrected chi connectivity index (χ2v) is 3.84. The summed E-state index contributed by atoms with van der Waals surface area (Å²) in [6.07, 6.45) is 0.995. The van der Waals surface area contributed by atoms with Crippen LogP contribution in [-0.2, 0) is 4.79 Å². The van der Waals surface area contributed by atoms with Crippen molar-refractivity contribution in [1.82, 2.24) is 0 Å². The van der Waals surface area contributed by atoms with Gasteiger partial charge in [-0.2, -0.15) is 13.2 Å². The Hall–Kier alpha value is -1.43. The van der Waals surface area contributed by atoms with E-state index in [9.17, 15) is 18.0 Å². The molecule has 0 aliphatic carbocycles. The summed E-state index contributed by atoms with van der Waals surface area (Å²) in [4.78, 5) is 10.9. The highest BCUT2D eigenvalue weighted by molar-refractivity contribution is 8.00. The van der Waals surface area contributed by atoms with Gasteiger partial charge in [-0.1, -0.05) is 18.7 Å². The molecule has 0 saturated heterocycles. The van der Waals surface area contributed by atoms with Crippen LogP contribution in [0.5, 0.6) is 0 Å². The number of benzene rings is 1. The third kappa shape index (κ3) is 3.98. The third-order valence-electron chi connectivity index (χ3n) is 1.56. The Morgan fingerprint density at radius 3 is 2.56 bits per heavy atom. The predicted molar refractivity (Wildman–Crippen MR) is 57.2 cm³/mol. The quantitative estimate of drug-likeness (QED) is 0.655. The van der Waals surface area contributed by atoms with Gasteiger partial charge in [0, 0.05) is 4.90 Å². The van der Waals surface area contributed by atoms with Gasteiger partial charge in [0.25, 0.3) is 0 Å². The number of hydrogen-bond donors (Lipinski definition) is 1. The fourth-order valence-electron chi connectivity index (χ4n) is 0.967. The Labute approximate surface area is 94.5 Å². The van der Waals surface area contributed by atoms with Gasteiger partial charge in [0.2, 0.25) is 5.91 Å². The van der Waals surface area contributed by atoms with Crippen molar-refractivity contribution in [2.45, 2.75) is 10.4 Å². The van der Waals surface area contributed by atoms with E-state index in [0.717, 1.165) is 6.08 Å². The van der Waals surface area contributed by atoms with Crippen molar-refractivity contribution in [2.24, 2.45) is 0 Å². The molecule has 0 radical (unpaired) electrons. The fourth-order valence-corrected chi connectivity index (χ4v) is 1.59. The number of rotatable bonds is 3. The van der Waals surface area contributed by atoms with E-state index in [2.05, 4.69) is 11.9 Å². The van der Waals surface area contributed by atoms with Crippen LogP contribution in [0.3, 0.4) is 0 Å². The van der Waals surface area contributed by atoms with Crippen LogP contribution < -0.4 is 5.32 Å². The van der Waals surface area contributed by atoms with Gasteiger partial charge < -0.3 is 5.32 Å². The van der Waals surface area contributed by atoms with Crippen molar-refractivity contribution in [2.75, 3.05) is 5.32 Å². The van der Waals surface area contributed by atoms with Crippen LogP contribution in [0.2, 0.25) is 0 Å². The first-order valence-electron chi connectivity index (χ1n) is 4.20. The maximum absolute atomic E-state index is 12.2. The molecule has 0 fully saturated rings. The molecule has 86 valence electrons. The first kappa shape index (κ1) is 12.6. The summed E-state index contributed by atoms with van der Waals surface area (Å²) < 4.78 is 36.5. The summed E-state index contributed by atoms with van der Waals surface area (Å²) in [5, 5.41) is 2.30. The number of thioether (sulfide) groups is 1. The van der Waals surface area contributed by atoms with E-state index in [1.54, 1.807) is 6.07 Å². The van der Waals surface area contributed by atoms with Crippen LogP contribution in [0.15, 0.2) is 41.8 Å². The fraction of sp³-hybridized carbons (Fsp3) is 0.100. The number of halogens is 3. The normalized spacial score (nSPS) is 10.9. The van der Waals surface area contributed by atoms with Crippen molar-refractivity contribution < 1.29 is 18.0 Å². The number of hydrogen-bond acceptors (Lipinski definition) is 2. The second-order valence-electron chi connectivity index (χ2n) is 2.74. The second kappa shape index (κ2) is 5.07. The van der Waals surface area contributed by atoms with Crippen molar-refractivity contribution in [3.8, 4) is 0 Å². The Balaban J connectivity index is 2.91. The first-order valence-corrected chi connectivity index (χ1v) is 5.02. The maximum atomic E-state index is 12.2. The molecular formula is C10H8F3NOS. The summed E-state index contributed by atoms with van der Waals surface area (Å²) in [6.45, 7) is 3.22. The molecule has 1 rings (SSSR count). The van der Waals surface area contributed by atoms with Crippen LogP contribution in [-0.4, -0.2) is 11.4 Å². The highest BCUT2D eigenvalue weighted by atomic mass is 32.2. The van der Waals surface area contributed by atoms with E-state index in [-0.39, 0.29) is 22.3 Å². The van der Waals surface area contributed by atoms with Crippen molar-refractivity contribution in [1.29, 1.82) is 0 Å². The van der Waals surface area contributed by atoms with Gasteiger partial charge in [-0.05, 0) is 30.0 Å². The van der Waals surface area contributed by atoms with E-state index < -0.39 is 11.4 Å². The van der Waals surface area contributed by atoms with Crippen molar-refractivity contribution in [3.63, 3.8) is 0 Å². The molecule has 0 aliphatic rings.